The number of hydrogen-bond donors (Lipinski definition) is 0. The lowest BCUT2D eigenvalue weighted by Gasteiger charge is -1.94. The number of hydrogen-bond acceptors (Lipinski definition) is 0. The highest BCUT2D eigenvalue weighted by Crippen LogP contribution is 2.15. The van der Waals surface area contributed by atoms with Crippen molar-refractivity contribution in [2.45, 2.75) is 6.18 Å². The van der Waals surface area contributed by atoms with Crippen LogP contribution in [0, 0.1) is 0 Å². The monoisotopic (exact) mass is 250 g/mol. The average molecular weight is 250 g/mol. The minimum atomic E-state index is -4.13. The van der Waals surface area contributed by atoms with Gasteiger partial charge < -0.3 is 0 Å². The van der Waals surface area contributed by atoms with Gasteiger partial charge in [-0.1, -0.05) is 5.70 Å². The van der Waals surface area contributed by atoms with Gasteiger partial charge in [0.15, 0.2) is 7.02 Å². The van der Waals surface area contributed by atoms with Gasteiger partial charge in [0.25, 0.3) is 0 Å². The Morgan fingerprint density at radius 1 is 1.38 bits per heavy atom. The normalized spacial score (nSPS) is 13.0. The van der Waals surface area contributed by atoms with Gasteiger partial charge in [0.05, 0.1) is 0 Å². The highest BCUT2D eigenvalue weighted by atomic mass is 127. The minimum Gasteiger partial charge on any atom is -0.167 e. The van der Waals surface area contributed by atoms with E-state index >= 15 is 0 Å². The molecule has 0 amide bonds. The van der Waals surface area contributed by atoms with Crippen molar-refractivity contribution in [3.63, 3.8) is 0 Å². The lowest BCUT2D eigenvalue weighted by Crippen LogP contribution is -2.00. The molecule has 0 bridgehead atoms. The molecular weight excluding hydrogens is 248 g/mol. The van der Waals surface area contributed by atoms with Gasteiger partial charge in [-0.25, -0.2) is 0 Å². The van der Waals surface area contributed by atoms with Crippen molar-refractivity contribution in [3.8, 4) is 0 Å². The van der Waals surface area contributed by atoms with Crippen LogP contribution < -0.4 is 0 Å². The maximum atomic E-state index is 11.2. The first-order valence-electron chi connectivity index (χ1n) is 1.67. The fraction of sp³-hybridized carbons (Fsp3) is 0.333. The molecular formula is C3H2F3ISi. The molecule has 0 N–H and O–H groups in total. The zero-order chi connectivity index (χ0) is 6.62. The summed E-state index contributed by atoms with van der Waals surface area (Å²) in [6.07, 6.45) is -3.88. The number of rotatable bonds is 1. The van der Waals surface area contributed by atoms with Crippen LogP contribution in [0.2, 0.25) is 0 Å². The summed E-state index contributed by atoms with van der Waals surface area (Å²) in [5.41, 5.74) is 1.10. The van der Waals surface area contributed by atoms with Crippen molar-refractivity contribution < 1.29 is 13.2 Å². The summed E-state index contributed by atoms with van der Waals surface area (Å²) < 4.78 is 33.5. The summed E-state index contributed by atoms with van der Waals surface area (Å²) in [7, 11) is 0.201. The van der Waals surface area contributed by atoms with Crippen LogP contribution >= 0.6 is 21.8 Å². The molecule has 0 spiro atoms. The molecule has 0 saturated heterocycles. The van der Waals surface area contributed by atoms with Crippen molar-refractivity contribution in [3.05, 3.63) is 11.8 Å². The quantitative estimate of drug-likeness (QED) is 0.380. The van der Waals surface area contributed by atoms with Crippen molar-refractivity contribution in [2.24, 2.45) is 0 Å². The van der Waals surface area contributed by atoms with Gasteiger partial charge in [0.2, 0.25) is 0 Å². The summed E-state index contributed by atoms with van der Waals surface area (Å²) in [5.74, 6) is 0. The second kappa shape index (κ2) is 3.49. The maximum Gasteiger partial charge on any atom is 0.409 e. The van der Waals surface area contributed by atoms with E-state index in [9.17, 15) is 13.2 Å². The topological polar surface area (TPSA) is 0 Å². The Kier molecular flexibility index (Phi) is 3.70. The molecule has 0 saturated carbocycles. The van der Waals surface area contributed by atoms with Crippen molar-refractivity contribution in [1.82, 2.24) is 0 Å². The van der Waals surface area contributed by atoms with Gasteiger partial charge in [0, 0.05) is 6.08 Å². The molecule has 0 atom stereocenters. The van der Waals surface area contributed by atoms with Crippen LogP contribution in [0.15, 0.2) is 11.8 Å². The van der Waals surface area contributed by atoms with Crippen LogP contribution in [-0.2, 0) is 0 Å². The minimum absolute atomic E-state index is 0.201. The third-order valence-corrected chi connectivity index (χ3v) is 1.71. The first kappa shape index (κ1) is 8.48. The molecule has 0 aliphatic rings. The summed E-state index contributed by atoms with van der Waals surface area (Å²) in [5, 5.41) is 0. The highest BCUT2D eigenvalue weighted by molar-refractivity contribution is 14.1. The van der Waals surface area contributed by atoms with Gasteiger partial charge in [0.1, 0.15) is 0 Å². The van der Waals surface area contributed by atoms with Crippen molar-refractivity contribution in [2.75, 3.05) is 0 Å². The molecule has 0 aromatic carbocycles. The number of halogens is 4. The largest absolute Gasteiger partial charge is 0.409 e. The van der Waals surface area contributed by atoms with E-state index in [-0.39, 0.29) is 13.1 Å². The zero-order valence-electron chi connectivity index (χ0n) is 3.67. The number of alkyl halides is 3. The van der Waals surface area contributed by atoms with Crippen LogP contribution in [0.3, 0.4) is 0 Å². The van der Waals surface area contributed by atoms with Gasteiger partial charge in [-0.05, 0) is 0 Å². The second-order valence-electron chi connectivity index (χ2n) is 0.984. The van der Waals surface area contributed by atoms with Crippen LogP contribution in [-0.4, -0.2) is 13.2 Å². The molecule has 46 valence electrons. The zero-order valence-corrected chi connectivity index (χ0v) is 6.82. The SMILES string of the molecule is FC(F)(F)C=C[Si]I. The Hall–Kier alpha value is 0.477. The fourth-order valence-electron chi connectivity index (χ4n) is 0.126. The van der Waals surface area contributed by atoms with E-state index in [1.807, 2.05) is 21.8 Å². The van der Waals surface area contributed by atoms with E-state index in [2.05, 4.69) is 0 Å². The molecule has 0 nitrogen and oxygen atoms in total. The van der Waals surface area contributed by atoms with Crippen molar-refractivity contribution in [1.29, 1.82) is 0 Å². The summed E-state index contributed by atoms with van der Waals surface area (Å²) in [4.78, 5) is 0. The average Bonchev–Trinajstić information content (AvgIpc) is 1.59. The van der Waals surface area contributed by atoms with E-state index in [1.165, 1.54) is 0 Å². The Labute approximate surface area is 60.2 Å². The maximum absolute atomic E-state index is 11.2. The van der Waals surface area contributed by atoms with Gasteiger partial charge in [-0.3, -0.25) is 0 Å². The van der Waals surface area contributed by atoms with Gasteiger partial charge in [-0.2, -0.15) is 13.2 Å². The molecule has 0 aliphatic heterocycles. The van der Waals surface area contributed by atoms with Crippen LogP contribution in [0.5, 0.6) is 0 Å². The predicted molar refractivity (Wildman–Crippen MR) is 35.0 cm³/mol. The Morgan fingerprint density at radius 2 is 1.88 bits per heavy atom. The Morgan fingerprint density at radius 3 is 2.00 bits per heavy atom. The Bertz CT molecular complexity index is 87.0. The standard InChI is InChI=1S/C3H2F3ISi/c4-3(5,6)1-2-8-7/h1-2H. The molecule has 0 aliphatic carbocycles. The molecule has 5 heteroatoms. The lowest BCUT2D eigenvalue weighted by atomic mass is 10.6. The smallest absolute Gasteiger partial charge is 0.167 e. The second-order valence-corrected chi connectivity index (χ2v) is 3.40. The molecule has 2 radical (unpaired) electrons. The molecule has 8 heavy (non-hydrogen) atoms. The van der Waals surface area contributed by atoms with Gasteiger partial charge >= 0.3 is 6.18 Å². The van der Waals surface area contributed by atoms with E-state index in [0.29, 0.717) is 0 Å². The predicted octanol–water partition coefficient (Wildman–Crippen LogP) is 2.12. The molecule has 0 aromatic rings. The summed E-state index contributed by atoms with van der Waals surface area (Å²) in [6.45, 7) is 0. The molecule has 0 rings (SSSR count). The highest BCUT2D eigenvalue weighted by Gasteiger charge is 2.21. The van der Waals surface area contributed by atoms with E-state index in [0.717, 1.165) is 5.70 Å². The first-order chi connectivity index (χ1) is 3.56. The van der Waals surface area contributed by atoms with Crippen LogP contribution in [0.1, 0.15) is 0 Å². The van der Waals surface area contributed by atoms with Crippen molar-refractivity contribution >= 4 is 28.8 Å². The third-order valence-electron chi connectivity index (χ3n) is 0.335. The van der Waals surface area contributed by atoms with Crippen LogP contribution in [0.25, 0.3) is 0 Å². The Balaban J connectivity index is 3.52. The molecule has 0 unspecified atom stereocenters. The van der Waals surface area contributed by atoms with Crippen LogP contribution in [0.4, 0.5) is 13.2 Å². The third kappa shape index (κ3) is 6.48. The molecule has 0 heterocycles. The van der Waals surface area contributed by atoms with E-state index < -0.39 is 6.18 Å². The summed E-state index contributed by atoms with van der Waals surface area (Å²) >= 11 is 1.87. The van der Waals surface area contributed by atoms with E-state index in [1.54, 1.807) is 0 Å². The van der Waals surface area contributed by atoms with E-state index in [4.69, 9.17) is 0 Å². The summed E-state index contributed by atoms with van der Waals surface area (Å²) in [6, 6.07) is 0. The molecule has 0 aromatic heterocycles. The van der Waals surface area contributed by atoms with Gasteiger partial charge in [-0.15, -0.1) is 21.8 Å². The number of allylic oxidation sites excluding steroid dienone is 1. The lowest BCUT2D eigenvalue weighted by molar-refractivity contribution is -0.0796. The fourth-order valence-corrected chi connectivity index (χ4v) is 0.917. The molecule has 0 fully saturated rings. The first-order valence-corrected chi connectivity index (χ1v) is 5.86.